The maximum Gasteiger partial charge on any atom is 0.315 e. The number of aryl methyl sites for hydroxylation is 1. The predicted molar refractivity (Wildman–Crippen MR) is 89.6 cm³/mol. The van der Waals surface area contributed by atoms with Gasteiger partial charge in [0.15, 0.2) is 5.82 Å². The Morgan fingerprint density at radius 2 is 2.00 bits per heavy atom. The van der Waals surface area contributed by atoms with Crippen LogP contribution in [0.5, 0.6) is 5.75 Å². The van der Waals surface area contributed by atoms with E-state index in [0.717, 1.165) is 43.0 Å². The number of phenolic OH excluding ortho intramolecular Hbond substituents is 1. The van der Waals surface area contributed by atoms with Crippen LogP contribution in [0.3, 0.4) is 0 Å². The van der Waals surface area contributed by atoms with Gasteiger partial charge in [0.05, 0.1) is 12.1 Å². The molecule has 2 atom stereocenters. The normalized spacial score (nSPS) is 16.1. The lowest BCUT2D eigenvalue weighted by molar-refractivity contribution is 0.234. The van der Waals surface area contributed by atoms with Gasteiger partial charge in [-0.05, 0) is 44.4 Å². The number of nitrogens with one attached hydrogen (secondary N) is 2. The number of carbonyl (C=O) groups excluding carboxylic acids is 1. The first-order valence-electron chi connectivity index (χ1n) is 8.32. The molecule has 1 aromatic heterocycles. The molecule has 3 N–H and O–H groups in total. The van der Waals surface area contributed by atoms with Gasteiger partial charge in [-0.15, -0.1) is 10.2 Å². The second-order valence-electron chi connectivity index (χ2n) is 6.24. The quantitative estimate of drug-likeness (QED) is 0.803. The molecule has 3 rings (SSSR count). The van der Waals surface area contributed by atoms with Crippen LogP contribution in [0.1, 0.15) is 56.0 Å². The Kier molecular flexibility index (Phi) is 4.69. The van der Waals surface area contributed by atoms with Crippen molar-refractivity contribution in [2.45, 2.75) is 51.7 Å². The Morgan fingerprint density at radius 1 is 1.21 bits per heavy atom. The summed E-state index contributed by atoms with van der Waals surface area (Å²) in [6, 6.07) is 6.16. The molecule has 1 aromatic carbocycles. The van der Waals surface area contributed by atoms with Gasteiger partial charge in [0.2, 0.25) is 0 Å². The number of aromatic nitrogens is 3. The predicted octanol–water partition coefficient (Wildman–Crippen LogP) is 2.44. The van der Waals surface area contributed by atoms with E-state index in [4.69, 9.17) is 0 Å². The highest BCUT2D eigenvalue weighted by Crippen LogP contribution is 2.20. The number of amides is 2. The highest BCUT2D eigenvalue weighted by molar-refractivity contribution is 5.74. The van der Waals surface area contributed by atoms with Gasteiger partial charge in [0.25, 0.3) is 0 Å². The van der Waals surface area contributed by atoms with Gasteiger partial charge in [-0.2, -0.15) is 0 Å². The molecule has 7 nitrogen and oxygen atoms in total. The first-order valence-corrected chi connectivity index (χ1v) is 8.32. The number of rotatable bonds is 4. The molecule has 7 heteroatoms. The molecule has 0 aliphatic carbocycles. The zero-order chi connectivity index (χ0) is 17.1. The van der Waals surface area contributed by atoms with Crippen LogP contribution < -0.4 is 10.6 Å². The van der Waals surface area contributed by atoms with E-state index in [2.05, 4.69) is 25.4 Å². The summed E-state index contributed by atoms with van der Waals surface area (Å²) in [5.74, 6) is 1.98. The topological polar surface area (TPSA) is 92.1 Å². The van der Waals surface area contributed by atoms with Gasteiger partial charge >= 0.3 is 6.03 Å². The largest absolute Gasteiger partial charge is 0.508 e. The van der Waals surface area contributed by atoms with Crippen molar-refractivity contribution >= 4 is 6.03 Å². The van der Waals surface area contributed by atoms with E-state index in [1.54, 1.807) is 18.2 Å². The summed E-state index contributed by atoms with van der Waals surface area (Å²) in [6.45, 7) is 4.69. The molecular formula is C17H23N5O2. The van der Waals surface area contributed by atoms with Gasteiger partial charge < -0.3 is 20.3 Å². The number of benzene rings is 1. The van der Waals surface area contributed by atoms with Crippen LogP contribution in [-0.2, 0) is 13.0 Å². The van der Waals surface area contributed by atoms with Crippen molar-refractivity contribution in [1.29, 1.82) is 0 Å². The molecule has 0 bridgehead atoms. The van der Waals surface area contributed by atoms with Crippen molar-refractivity contribution in [3.8, 4) is 5.75 Å². The minimum absolute atomic E-state index is 0.185. The SMILES string of the molecule is C[C@H](NC(=O)N[C@@H](C)c1nnc2n1CCCC2)c1cccc(O)c1. The molecule has 0 radical (unpaired) electrons. The summed E-state index contributed by atoms with van der Waals surface area (Å²) in [5, 5.41) is 23.8. The van der Waals surface area contributed by atoms with Gasteiger partial charge in [-0.3, -0.25) is 0 Å². The number of urea groups is 1. The van der Waals surface area contributed by atoms with Crippen molar-refractivity contribution in [3.05, 3.63) is 41.5 Å². The van der Waals surface area contributed by atoms with E-state index in [-0.39, 0.29) is 23.9 Å². The zero-order valence-corrected chi connectivity index (χ0v) is 14.0. The Hall–Kier alpha value is -2.57. The van der Waals surface area contributed by atoms with Gasteiger partial charge in [0, 0.05) is 13.0 Å². The Bertz CT molecular complexity index is 728. The molecule has 0 spiro atoms. The van der Waals surface area contributed by atoms with E-state index in [1.807, 2.05) is 19.9 Å². The number of phenols is 1. The third-order valence-corrected chi connectivity index (χ3v) is 4.34. The number of hydrogen-bond acceptors (Lipinski definition) is 4. The summed E-state index contributed by atoms with van der Waals surface area (Å²) in [5.41, 5.74) is 0.845. The second kappa shape index (κ2) is 6.90. The molecule has 0 fully saturated rings. The maximum atomic E-state index is 12.2. The minimum atomic E-state index is -0.272. The smallest absolute Gasteiger partial charge is 0.315 e. The van der Waals surface area contributed by atoms with Gasteiger partial charge in [-0.1, -0.05) is 12.1 Å². The van der Waals surface area contributed by atoms with E-state index < -0.39 is 0 Å². The molecule has 1 aliphatic heterocycles. The van der Waals surface area contributed by atoms with E-state index >= 15 is 0 Å². The van der Waals surface area contributed by atoms with Crippen molar-refractivity contribution < 1.29 is 9.90 Å². The van der Waals surface area contributed by atoms with E-state index in [1.165, 1.54) is 0 Å². The number of fused-ring (bicyclic) bond motifs is 1. The van der Waals surface area contributed by atoms with Crippen LogP contribution in [0.25, 0.3) is 0 Å². The molecule has 24 heavy (non-hydrogen) atoms. The highest BCUT2D eigenvalue weighted by Gasteiger charge is 2.21. The average Bonchev–Trinajstić information content (AvgIpc) is 2.98. The molecule has 0 unspecified atom stereocenters. The van der Waals surface area contributed by atoms with Crippen LogP contribution in [0, 0.1) is 0 Å². The molecule has 0 saturated carbocycles. The molecule has 2 aromatic rings. The number of hydrogen-bond donors (Lipinski definition) is 3. The summed E-state index contributed by atoms with van der Waals surface area (Å²) in [7, 11) is 0. The summed E-state index contributed by atoms with van der Waals surface area (Å²) in [6.07, 6.45) is 3.20. The van der Waals surface area contributed by atoms with Gasteiger partial charge in [0.1, 0.15) is 11.6 Å². The molecule has 2 amide bonds. The molecule has 0 saturated heterocycles. The van der Waals surface area contributed by atoms with Gasteiger partial charge in [-0.25, -0.2) is 4.79 Å². The molecule has 2 heterocycles. The standard InChI is InChI=1S/C17H23N5O2/c1-11(13-6-5-7-14(23)10-13)18-17(24)19-12(2)16-21-20-15-8-3-4-9-22(15)16/h5-7,10-12,23H,3-4,8-9H2,1-2H3,(H2,18,19,24)/t11-,12-/m0/s1. The number of nitrogens with zero attached hydrogens (tertiary/aromatic N) is 3. The fraction of sp³-hybridized carbons (Fsp3) is 0.471. The fourth-order valence-electron chi connectivity index (χ4n) is 3.03. The third kappa shape index (κ3) is 3.50. The van der Waals surface area contributed by atoms with Crippen LogP contribution in [0.2, 0.25) is 0 Å². The van der Waals surface area contributed by atoms with Crippen molar-refractivity contribution in [3.63, 3.8) is 0 Å². The fourth-order valence-corrected chi connectivity index (χ4v) is 3.03. The van der Waals surface area contributed by atoms with Crippen molar-refractivity contribution in [2.24, 2.45) is 0 Å². The number of carbonyl (C=O) groups is 1. The van der Waals surface area contributed by atoms with Crippen LogP contribution in [-0.4, -0.2) is 25.9 Å². The zero-order valence-electron chi connectivity index (χ0n) is 14.0. The Morgan fingerprint density at radius 3 is 2.79 bits per heavy atom. The lowest BCUT2D eigenvalue weighted by Crippen LogP contribution is -2.39. The monoisotopic (exact) mass is 329 g/mol. The first-order chi connectivity index (χ1) is 11.5. The molecule has 1 aliphatic rings. The van der Waals surface area contributed by atoms with E-state index in [9.17, 15) is 9.90 Å². The third-order valence-electron chi connectivity index (χ3n) is 4.34. The summed E-state index contributed by atoms with van der Waals surface area (Å²) in [4.78, 5) is 12.2. The second-order valence-corrected chi connectivity index (χ2v) is 6.24. The highest BCUT2D eigenvalue weighted by atomic mass is 16.3. The van der Waals surface area contributed by atoms with Crippen LogP contribution in [0.4, 0.5) is 4.79 Å². The van der Waals surface area contributed by atoms with Crippen molar-refractivity contribution in [1.82, 2.24) is 25.4 Å². The molecule has 128 valence electrons. The maximum absolute atomic E-state index is 12.2. The van der Waals surface area contributed by atoms with Crippen molar-refractivity contribution in [2.75, 3.05) is 0 Å². The first kappa shape index (κ1) is 16.3. The lowest BCUT2D eigenvalue weighted by Gasteiger charge is -2.20. The van der Waals surface area contributed by atoms with Crippen LogP contribution >= 0.6 is 0 Å². The Balaban J connectivity index is 1.61. The summed E-state index contributed by atoms with van der Waals surface area (Å²) < 4.78 is 2.10. The van der Waals surface area contributed by atoms with E-state index in [0.29, 0.717) is 0 Å². The van der Waals surface area contributed by atoms with Crippen LogP contribution in [0.15, 0.2) is 24.3 Å². The summed E-state index contributed by atoms with van der Waals surface area (Å²) >= 11 is 0. The lowest BCUT2D eigenvalue weighted by atomic mass is 10.1. The Labute approximate surface area is 141 Å². The minimum Gasteiger partial charge on any atom is -0.508 e. The average molecular weight is 329 g/mol. The molecular weight excluding hydrogens is 306 g/mol. The number of aromatic hydroxyl groups is 1.